The summed E-state index contributed by atoms with van der Waals surface area (Å²) in [6.07, 6.45) is 2.48. The van der Waals surface area contributed by atoms with Gasteiger partial charge >= 0.3 is 0 Å². The van der Waals surface area contributed by atoms with Crippen LogP contribution < -0.4 is 16.2 Å². The number of phenols is 2. The van der Waals surface area contributed by atoms with Gasteiger partial charge in [-0.15, -0.1) is 20.5 Å². The van der Waals surface area contributed by atoms with E-state index in [1.165, 1.54) is 30.4 Å². The smallest absolute Gasteiger partial charge is 0.296 e. The van der Waals surface area contributed by atoms with Crippen LogP contribution in [0.4, 0.5) is 39.8 Å². The Morgan fingerprint density at radius 3 is 1.77 bits per heavy atom. The lowest BCUT2D eigenvalue weighted by molar-refractivity contribution is 0.319. The molecule has 5 rings (SSSR count). The number of aliphatic hydroxyl groups is 1. The molecule has 0 aliphatic carbocycles. The normalized spacial score (nSPS) is 13.1. The molecular weight excluding hydrogens is 975 g/mol. The molecule has 0 amide bonds. The minimum Gasteiger partial charge on any atom is -0.506 e. The van der Waals surface area contributed by atoms with Crippen molar-refractivity contribution in [3.8, 4) is 11.5 Å². The number of nitrogen functional groups attached to an aromatic ring is 2. The lowest BCUT2D eigenvalue weighted by atomic mass is 10.1. The molecule has 25 nitrogen and oxygen atoms in total. The SMILES string of the molecule is C=C(/C=C\C(=C)NS(=O)(=O)c1ccc(N=Nc2c(S(=O)(=O)O)cc3cc(S(=O)(=O)O)c(N=Nc4ccc(S(=O)(=O)CCO)cc4S(=O)(=O)O)c(N)c3c2O)cc1)N=Nc1ccc(N)cc1O. The minimum absolute atomic E-state index is 0.0418. The number of sulfone groups is 1. The first-order chi connectivity index (χ1) is 30.5. The number of nitrogens with two attached hydrogens (primary N) is 2. The number of hydrogen-bond acceptors (Lipinski definition) is 21. The zero-order chi connectivity index (χ0) is 49.2. The number of allylic oxidation sites excluding steroid dienone is 2. The number of aromatic hydroxyl groups is 2. The molecule has 0 spiro atoms. The Balaban J connectivity index is 1.49. The Morgan fingerprint density at radius 1 is 0.636 bits per heavy atom. The van der Waals surface area contributed by atoms with Gasteiger partial charge in [-0.1, -0.05) is 13.2 Å². The third-order valence-corrected chi connectivity index (χ3v) is 14.2. The largest absolute Gasteiger partial charge is 0.506 e. The van der Waals surface area contributed by atoms with E-state index in [2.05, 4.69) is 48.6 Å². The molecule has 30 heteroatoms. The van der Waals surface area contributed by atoms with Crippen molar-refractivity contribution in [2.75, 3.05) is 23.8 Å². The molecule has 348 valence electrons. The molecule has 0 aromatic heterocycles. The predicted octanol–water partition coefficient (Wildman–Crippen LogP) is 5.40. The van der Waals surface area contributed by atoms with Crippen LogP contribution in [0.2, 0.25) is 0 Å². The van der Waals surface area contributed by atoms with Gasteiger partial charge in [-0.2, -0.15) is 35.5 Å². The monoisotopic (exact) mass is 1010 g/mol. The average molecular weight is 1010 g/mol. The van der Waals surface area contributed by atoms with E-state index < -0.39 is 121 Å². The quantitative estimate of drug-likeness (QED) is 0.0244. The molecule has 0 saturated heterocycles. The molecule has 0 saturated carbocycles. The van der Waals surface area contributed by atoms with Gasteiger partial charge in [0.15, 0.2) is 15.6 Å². The maximum Gasteiger partial charge on any atom is 0.296 e. The lowest BCUT2D eigenvalue weighted by Gasteiger charge is -2.14. The van der Waals surface area contributed by atoms with Gasteiger partial charge in [-0.05, 0) is 84.3 Å². The van der Waals surface area contributed by atoms with Crippen LogP contribution in [0.5, 0.6) is 11.5 Å². The van der Waals surface area contributed by atoms with E-state index in [1.807, 2.05) is 0 Å². The number of hydrogen-bond donors (Lipinski definition) is 9. The van der Waals surface area contributed by atoms with Gasteiger partial charge in [0.25, 0.3) is 40.4 Å². The number of sulfonamides is 1. The van der Waals surface area contributed by atoms with Gasteiger partial charge < -0.3 is 26.8 Å². The van der Waals surface area contributed by atoms with Crippen molar-refractivity contribution in [1.82, 2.24) is 4.72 Å². The highest BCUT2D eigenvalue weighted by Crippen LogP contribution is 2.48. The summed E-state index contributed by atoms with van der Waals surface area (Å²) in [7, 11) is -24.6. The Labute approximate surface area is 374 Å². The van der Waals surface area contributed by atoms with E-state index >= 15 is 0 Å². The first-order valence-corrected chi connectivity index (χ1v) is 25.0. The summed E-state index contributed by atoms with van der Waals surface area (Å²) in [4.78, 5) is -4.57. The summed E-state index contributed by atoms with van der Waals surface area (Å²) in [6.45, 7) is 6.41. The first-order valence-electron chi connectivity index (χ1n) is 17.6. The summed E-state index contributed by atoms with van der Waals surface area (Å²) >= 11 is 0. The number of nitrogens with zero attached hydrogens (tertiary/aromatic N) is 6. The van der Waals surface area contributed by atoms with Crippen molar-refractivity contribution in [1.29, 1.82) is 0 Å². The second-order valence-electron chi connectivity index (χ2n) is 13.2. The highest BCUT2D eigenvalue weighted by molar-refractivity contribution is 7.91. The van der Waals surface area contributed by atoms with Crippen molar-refractivity contribution >= 4 is 101 Å². The molecule has 11 N–H and O–H groups in total. The van der Waals surface area contributed by atoms with Crippen LogP contribution in [0.15, 0.2) is 165 Å². The van der Waals surface area contributed by atoms with Gasteiger partial charge in [0.1, 0.15) is 43.2 Å². The van der Waals surface area contributed by atoms with E-state index in [0.717, 1.165) is 36.4 Å². The summed E-state index contributed by atoms with van der Waals surface area (Å²) in [5.74, 6) is -2.27. The predicted molar refractivity (Wildman–Crippen MR) is 235 cm³/mol. The second kappa shape index (κ2) is 18.8. The highest BCUT2D eigenvalue weighted by Gasteiger charge is 2.29. The van der Waals surface area contributed by atoms with Gasteiger partial charge in [0.2, 0.25) is 0 Å². The summed E-state index contributed by atoms with van der Waals surface area (Å²) in [5, 5.41) is 51.4. The molecule has 0 heterocycles. The topological polar surface area (TPSA) is 430 Å². The fourth-order valence-corrected chi connectivity index (χ4v) is 9.59. The maximum atomic E-state index is 13.0. The van der Waals surface area contributed by atoms with E-state index in [0.29, 0.717) is 23.9 Å². The number of aliphatic hydroxyl groups excluding tert-OH is 1. The third-order valence-electron chi connectivity index (χ3n) is 8.50. The molecule has 66 heavy (non-hydrogen) atoms. The number of benzene rings is 5. The van der Waals surface area contributed by atoms with E-state index in [-0.39, 0.29) is 33.4 Å². The molecule has 0 aliphatic rings. The number of phenolic OH excluding ortho intramolecular Hbond substituents is 2. The zero-order valence-electron chi connectivity index (χ0n) is 33.1. The lowest BCUT2D eigenvalue weighted by Crippen LogP contribution is -2.21. The molecule has 0 atom stereocenters. The Hall–Kier alpha value is -7.03. The minimum atomic E-state index is -5.40. The number of nitrogens with one attached hydrogen (secondary N) is 1. The molecule has 0 fully saturated rings. The summed E-state index contributed by atoms with van der Waals surface area (Å²) < 4.78 is 158. The van der Waals surface area contributed by atoms with E-state index in [9.17, 15) is 66.0 Å². The fraction of sp³-hybridized carbons (Fsp3) is 0.0556. The van der Waals surface area contributed by atoms with Crippen LogP contribution >= 0.6 is 0 Å². The number of anilines is 2. The van der Waals surface area contributed by atoms with Crippen LogP contribution in [-0.4, -0.2) is 83.4 Å². The molecule has 0 aliphatic heterocycles. The zero-order valence-corrected chi connectivity index (χ0v) is 37.1. The number of fused-ring (bicyclic) bond motifs is 1. The Kier molecular flexibility index (Phi) is 14.3. The summed E-state index contributed by atoms with van der Waals surface area (Å²) in [6, 6.07) is 11.6. The third kappa shape index (κ3) is 11.6. The van der Waals surface area contributed by atoms with Crippen LogP contribution in [0.3, 0.4) is 0 Å². The fourth-order valence-electron chi connectivity index (χ4n) is 5.46. The van der Waals surface area contributed by atoms with Crippen molar-refractivity contribution in [2.24, 2.45) is 30.7 Å². The highest BCUT2D eigenvalue weighted by atomic mass is 32.2. The van der Waals surface area contributed by atoms with Crippen LogP contribution in [-0.2, 0) is 50.2 Å². The standard InChI is InChI=1S/C36H33N9O16S5/c1-19(39-41-26-11-5-22(37)17-28(26)47)3-4-20(2)45-63(51,52)24-8-6-23(7-9-24)40-44-35-31(66(59,60)61)16-21-15-30(65(56,57)58)34(33(38)32(21)36(35)48)43-42-27-12-10-25(62(49,50)14-13-46)18-29(27)64(53,54)55/h3-12,15-18,45-48H,1-2,13-14,37-38H2,(H,53,54,55)(H,56,57,58)(H,59,60,61)/b4-3-,41-39?,43-42?,44-40?. The van der Waals surface area contributed by atoms with Crippen LogP contribution in [0, 0.1) is 0 Å². The molecular formula is C36H33N9O16S5. The Bertz CT molecular complexity index is 3540. The Morgan fingerprint density at radius 2 is 1.20 bits per heavy atom. The van der Waals surface area contributed by atoms with Crippen LogP contribution in [0.25, 0.3) is 10.8 Å². The van der Waals surface area contributed by atoms with Crippen LogP contribution in [0.1, 0.15) is 0 Å². The molecule has 0 bridgehead atoms. The van der Waals surface area contributed by atoms with E-state index in [1.54, 1.807) is 0 Å². The molecule has 5 aromatic carbocycles. The molecule has 0 radical (unpaired) electrons. The average Bonchev–Trinajstić information content (AvgIpc) is 3.20. The van der Waals surface area contributed by atoms with Crippen molar-refractivity contribution in [2.45, 2.75) is 24.5 Å². The molecule has 5 aromatic rings. The first kappa shape index (κ1) is 50.0. The van der Waals surface area contributed by atoms with Gasteiger partial charge in [-0.3, -0.25) is 18.4 Å². The second-order valence-corrected chi connectivity index (χ2v) is 21.2. The molecule has 0 unspecified atom stereocenters. The maximum absolute atomic E-state index is 13.0. The van der Waals surface area contributed by atoms with Gasteiger partial charge in [-0.25, -0.2) is 16.8 Å². The van der Waals surface area contributed by atoms with E-state index in [4.69, 9.17) is 16.6 Å². The van der Waals surface area contributed by atoms with Crippen molar-refractivity contribution in [3.63, 3.8) is 0 Å². The van der Waals surface area contributed by atoms with Gasteiger partial charge in [0, 0.05) is 17.5 Å². The van der Waals surface area contributed by atoms with Gasteiger partial charge in [0.05, 0.1) is 44.6 Å². The summed E-state index contributed by atoms with van der Waals surface area (Å²) in [5.41, 5.74) is 8.14. The number of rotatable bonds is 17. The number of azo groups is 3. The van der Waals surface area contributed by atoms with Crippen molar-refractivity contribution in [3.05, 3.63) is 110 Å². The van der Waals surface area contributed by atoms with Crippen molar-refractivity contribution < 1.29 is 71.1 Å².